The Hall–Kier alpha value is -1.67. The molecule has 1 aliphatic carbocycles. The minimum Gasteiger partial charge on any atom is -0.308 e. The van der Waals surface area contributed by atoms with Crippen LogP contribution < -0.4 is 5.32 Å². The average molecular weight is 280 g/mol. The highest BCUT2D eigenvalue weighted by Gasteiger charge is 2.26. The maximum Gasteiger partial charge on any atom is 0.0754 e. The van der Waals surface area contributed by atoms with E-state index < -0.39 is 0 Å². The van der Waals surface area contributed by atoms with Gasteiger partial charge in [0.15, 0.2) is 0 Å². The minimum absolute atomic E-state index is 0.183. The van der Waals surface area contributed by atoms with Crippen molar-refractivity contribution in [2.75, 3.05) is 7.05 Å². The van der Waals surface area contributed by atoms with Crippen LogP contribution in [0, 0.1) is 13.8 Å². The highest BCUT2D eigenvalue weighted by molar-refractivity contribution is 5.40. The molecular weight excluding hydrogens is 256 g/mol. The molecular formula is C19H24N2. The lowest BCUT2D eigenvalue weighted by atomic mass is 9.76. The summed E-state index contributed by atoms with van der Waals surface area (Å²) in [5.74, 6) is 0.739. The van der Waals surface area contributed by atoms with Crippen LogP contribution in [0.15, 0.2) is 36.5 Å². The van der Waals surface area contributed by atoms with E-state index in [4.69, 9.17) is 4.98 Å². The Morgan fingerprint density at radius 3 is 2.57 bits per heavy atom. The third kappa shape index (κ3) is 2.73. The van der Waals surface area contributed by atoms with Crippen LogP contribution in [0.25, 0.3) is 0 Å². The van der Waals surface area contributed by atoms with Gasteiger partial charge in [-0.1, -0.05) is 36.8 Å². The zero-order chi connectivity index (χ0) is 14.8. The summed E-state index contributed by atoms with van der Waals surface area (Å²) in [6.45, 7) is 4.26. The Morgan fingerprint density at radius 1 is 1.19 bits per heavy atom. The topological polar surface area (TPSA) is 24.9 Å². The van der Waals surface area contributed by atoms with E-state index >= 15 is 0 Å². The summed E-state index contributed by atoms with van der Waals surface area (Å²) in [5.41, 5.74) is 6.53. The maximum atomic E-state index is 4.71. The number of benzene rings is 1. The summed E-state index contributed by atoms with van der Waals surface area (Å²) in [6, 6.07) is 11.3. The molecule has 1 unspecified atom stereocenters. The summed E-state index contributed by atoms with van der Waals surface area (Å²) in [4.78, 5) is 4.71. The number of rotatable bonds is 4. The van der Waals surface area contributed by atoms with Crippen molar-refractivity contribution >= 4 is 0 Å². The number of aromatic nitrogens is 1. The lowest BCUT2D eigenvalue weighted by Crippen LogP contribution is -2.23. The van der Waals surface area contributed by atoms with Gasteiger partial charge in [0.25, 0.3) is 0 Å². The van der Waals surface area contributed by atoms with Crippen molar-refractivity contribution in [3.63, 3.8) is 0 Å². The van der Waals surface area contributed by atoms with Gasteiger partial charge in [0.2, 0.25) is 0 Å². The van der Waals surface area contributed by atoms with Crippen LogP contribution in [0.1, 0.15) is 59.2 Å². The van der Waals surface area contributed by atoms with Crippen molar-refractivity contribution in [3.05, 3.63) is 64.5 Å². The molecule has 1 heterocycles. The van der Waals surface area contributed by atoms with Gasteiger partial charge in [-0.25, -0.2) is 0 Å². The standard InChI is InChI=1S/C19H24N2/c1-13-11-14(2)18(21-12-13)19(20-3)17-10-5-4-9-16(17)15-7-6-8-15/h4-5,9-12,15,19-20H,6-8H2,1-3H3. The number of nitrogens with one attached hydrogen (secondary N) is 1. The summed E-state index contributed by atoms with van der Waals surface area (Å²) in [6.07, 6.45) is 5.99. The lowest BCUT2D eigenvalue weighted by molar-refractivity contribution is 0.414. The molecule has 2 heteroatoms. The van der Waals surface area contributed by atoms with Gasteiger partial charge in [-0.2, -0.15) is 0 Å². The Labute approximate surface area is 127 Å². The number of pyridine rings is 1. The number of hydrogen-bond donors (Lipinski definition) is 1. The van der Waals surface area contributed by atoms with Crippen LogP contribution in [0.2, 0.25) is 0 Å². The molecule has 2 nitrogen and oxygen atoms in total. The molecule has 0 bridgehead atoms. The van der Waals surface area contributed by atoms with E-state index in [1.165, 1.54) is 41.5 Å². The molecule has 1 aromatic heterocycles. The van der Waals surface area contributed by atoms with Gasteiger partial charge in [0.1, 0.15) is 0 Å². The molecule has 1 atom stereocenters. The highest BCUT2D eigenvalue weighted by atomic mass is 14.9. The van der Waals surface area contributed by atoms with Gasteiger partial charge in [-0.15, -0.1) is 0 Å². The fraction of sp³-hybridized carbons (Fsp3) is 0.421. The third-order valence-corrected chi connectivity index (χ3v) is 4.67. The number of nitrogens with zero attached hydrogens (tertiary/aromatic N) is 1. The number of hydrogen-bond acceptors (Lipinski definition) is 2. The maximum absolute atomic E-state index is 4.71. The summed E-state index contributed by atoms with van der Waals surface area (Å²) < 4.78 is 0. The smallest absolute Gasteiger partial charge is 0.0754 e. The first-order valence-electron chi connectivity index (χ1n) is 7.90. The minimum atomic E-state index is 0.183. The summed E-state index contributed by atoms with van der Waals surface area (Å²) in [5, 5.41) is 3.48. The van der Waals surface area contributed by atoms with Crippen LogP contribution in [0.3, 0.4) is 0 Å². The fourth-order valence-corrected chi connectivity index (χ4v) is 3.33. The van der Waals surface area contributed by atoms with Gasteiger partial charge in [-0.3, -0.25) is 4.98 Å². The summed E-state index contributed by atoms with van der Waals surface area (Å²) >= 11 is 0. The van der Waals surface area contributed by atoms with Crippen LogP contribution >= 0.6 is 0 Å². The van der Waals surface area contributed by atoms with E-state index in [-0.39, 0.29) is 6.04 Å². The average Bonchev–Trinajstić information content (AvgIpc) is 2.41. The first-order valence-corrected chi connectivity index (χ1v) is 7.90. The first kappa shape index (κ1) is 14.3. The molecule has 1 aliphatic rings. The predicted molar refractivity (Wildman–Crippen MR) is 87.6 cm³/mol. The largest absolute Gasteiger partial charge is 0.308 e. The molecule has 21 heavy (non-hydrogen) atoms. The normalized spacial score (nSPS) is 16.5. The molecule has 1 N–H and O–H groups in total. The van der Waals surface area contributed by atoms with E-state index in [1.54, 1.807) is 0 Å². The van der Waals surface area contributed by atoms with Crippen molar-refractivity contribution in [3.8, 4) is 0 Å². The first-order chi connectivity index (χ1) is 10.2. The van der Waals surface area contributed by atoms with Crippen molar-refractivity contribution in [1.29, 1.82) is 0 Å². The molecule has 0 aliphatic heterocycles. The highest BCUT2D eigenvalue weighted by Crippen LogP contribution is 2.40. The van der Waals surface area contributed by atoms with Gasteiger partial charge < -0.3 is 5.32 Å². The zero-order valence-electron chi connectivity index (χ0n) is 13.2. The van der Waals surface area contributed by atoms with E-state index in [2.05, 4.69) is 49.5 Å². The molecule has 1 aromatic carbocycles. The number of aryl methyl sites for hydroxylation is 2. The van der Waals surface area contributed by atoms with Crippen molar-refractivity contribution in [2.45, 2.75) is 45.1 Å². The Balaban J connectivity index is 2.03. The van der Waals surface area contributed by atoms with Crippen LogP contribution in [0.4, 0.5) is 0 Å². The van der Waals surface area contributed by atoms with Crippen LogP contribution in [-0.4, -0.2) is 12.0 Å². The summed E-state index contributed by atoms with van der Waals surface area (Å²) in [7, 11) is 2.03. The van der Waals surface area contributed by atoms with Crippen LogP contribution in [0.5, 0.6) is 0 Å². The van der Waals surface area contributed by atoms with Gasteiger partial charge in [-0.05, 0) is 61.9 Å². The molecule has 0 saturated heterocycles. The van der Waals surface area contributed by atoms with E-state index in [0.29, 0.717) is 0 Å². The van der Waals surface area contributed by atoms with E-state index in [1.807, 2.05) is 13.2 Å². The Bertz CT molecular complexity index is 629. The predicted octanol–water partition coefficient (Wildman–Crippen LogP) is 4.27. The molecule has 3 rings (SSSR count). The van der Waals surface area contributed by atoms with Gasteiger partial charge >= 0.3 is 0 Å². The van der Waals surface area contributed by atoms with Crippen molar-refractivity contribution in [1.82, 2.24) is 10.3 Å². The van der Waals surface area contributed by atoms with Crippen molar-refractivity contribution in [2.24, 2.45) is 0 Å². The van der Waals surface area contributed by atoms with Gasteiger partial charge in [0.05, 0.1) is 11.7 Å². The van der Waals surface area contributed by atoms with E-state index in [9.17, 15) is 0 Å². The molecule has 110 valence electrons. The molecule has 0 radical (unpaired) electrons. The molecule has 2 aromatic rings. The Kier molecular flexibility index (Phi) is 4.07. The monoisotopic (exact) mass is 280 g/mol. The third-order valence-electron chi connectivity index (χ3n) is 4.67. The molecule has 1 saturated carbocycles. The molecule has 1 fully saturated rings. The lowest BCUT2D eigenvalue weighted by Gasteiger charge is -2.30. The SMILES string of the molecule is CNC(c1ccccc1C1CCC1)c1ncc(C)cc1C. The molecule has 0 spiro atoms. The van der Waals surface area contributed by atoms with Crippen molar-refractivity contribution < 1.29 is 0 Å². The molecule has 0 amide bonds. The van der Waals surface area contributed by atoms with E-state index in [0.717, 1.165) is 11.6 Å². The second-order valence-electron chi connectivity index (χ2n) is 6.19. The Morgan fingerprint density at radius 2 is 1.95 bits per heavy atom. The van der Waals surface area contributed by atoms with Crippen LogP contribution in [-0.2, 0) is 0 Å². The zero-order valence-corrected chi connectivity index (χ0v) is 13.2. The quantitative estimate of drug-likeness (QED) is 0.904. The second-order valence-corrected chi connectivity index (χ2v) is 6.19. The second kappa shape index (κ2) is 5.98. The van der Waals surface area contributed by atoms with Gasteiger partial charge in [0, 0.05) is 6.20 Å². The fourth-order valence-electron chi connectivity index (χ4n) is 3.33.